The molecule has 0 unspecified atom stereocenters. The summed E-state index contributed by atoms with van der Waals surface area (Å²) in [5.41, 5.74) is 1.12. The number of benzene rings is 1. The van der Waals surface area contributed by atoms with Crippen molar-refractivity contribution in [2.45, 2.75) is 38.9 Å². The largest absolute Gasteiger partial charge is 0.493 e. The lowest BCUT2D eigenvalue weighted by Gasteiger charge is -2.23. The number of aromatic nitrogens is 3. The molecule has 1 aromatic heterocycles. The van der Waals surface area contributed by atoms with E-state index in [4.69, 9.17) is 14.2 Å². The summed E-state index contributed by atoms with van der Waals surface area (Å²) < 4.78 is 18.3. The van der Waals surface area contributed by atoms with Gasteiger partial charge in [0.25, 0.3) is 0 Å². The van der Waals surface area contributed by atoms with Crippen molar-refractivity contribution in [2.75, 3.05) is 13.9 Å². The van der Waals surface area contributed by atoms with E-state index in [0.717, 1.165) is 54.6 Å². The summed E-state index contributed by atoms with van der Waals surface area (Å²) in [6, 6.07) is 4.39. The second-order valence-electron chi connectivity index (χ2n) is 5.91. The van der Waals surface area contributed by atoms with Gasteiger partial charge in [-0.05, 0) is 31.0 Å². The molecule has 0 radical (unpaired) electrons. The fourth-order valence-electron chi connectivity index (χ4n) is 3.15. The fraction of sp³-hybridized carbons (Fsp3) is 0.500. The number of aryl methyl sites for hydroxylation is 2. The third kappa shape index (κ3) is 2.72. The van der Waals surface area contributed by atoms with Gasteiger partial charge in [-0.2, -0.15) is 5.10 Å². The van der Waals surface area contributed by atoms with E-state index < -0.39 is 0 Å². The number of fused-ring (bicyclic) bond motifs is 2. The first-order chi connectivity index (χ1) is 11.2. The minimum Gasteiger partial charge on any atom is -0.493 e. The van der Waals surface area contributed by atoms with E-state index in [2.05, 4.69) is 15.4 Å². The average Bonchev–Trinajstić information content (AvgIpc) is 3.16. The first-order valence-electron chi connectivity index (χ1n) is 7.83. The quantitative estimate of drug-likeness (QED) is 0.920. The smallest absolute Gasteiger partial charge is 0.231 e. The second-order valence-corrected chi connectivity index (χ2v) is 5.91. The molecule has 2 aliphatic heterocycles. The summed E-state index contributed by atoms with van der Waals surface area (Å²) in [6.45, 7) is 3.80. The molecule has 3 heterocycles. The van der Waals surface area contributed by atoms with Gasteiger partial charge in [-0.15, -0.1) is 0 Å². The molecular formula is C16H20N4O3. The Kier molecular flexibility index (Phi) is 3.57. The zero-order valence-electron chi connectivity index (χ0n) is 13.3. The molecule has 1 atom stereocenters. The first kappa shape index (κ1) is 14.3. The van der Waals surface area contributed by atoms with E-state index in [0.29, 0.717) is 11.8 Å². The van der Waals surface area contributed by atoms with Gasteiger partial charge in [-0.25, -0.2) is 9.67 Å². The Morgan fingerprint density at radius 2 is 2.30 bits per heavy atom. The number of nitrogens with one attached hydrogen (secondary N) is 1. The third-order valence-corrected chi connectivity index (χ3v) is 4.28. The minimum absolute atomic E-state index is 0.250. The van der Waals surface area contributed by atoms with Crippen LogP contribution in [0, 0.1) is 6.92 Å². The summed E-state index contributed by atoms with van der Waals surface area (Å²) in [7, 11) is 1.64. The van der Waals surface area contributed by atoms with Crippen molar-refractivity contribution in [3.63, 3.8) is 0 Å². The molecule has 4 rings (SSSR count). The summed E-state index contributed by atoms with van der Waals surface area (Å²) in [6.07, 6.45) is 2.03. The molecule has 0 fully saturated rings. The molecule has 23 heavy (non-hydrogen) atoms. The number of hydrogen-bond donors (Lipinski definition) is 1. The first-order valence-corrected chi connectivity index (χ1v) is 7.83. The van der Waals surface area contributed by atoms with Gasteiger partial charge in [0.15, 0.2) is 11.5 Å². The van der Waals surface area contributed by atoms with Crippen LogP contribution in [0.5, 0.6) is 17.2 Å². The van der Waals surface area contributed by atoms with E-state index in [-0.39, 0.29) is 6.79 Å². The molecule has 2 aromatic rings. The lowest BCUT2D eigenvalue weighted by atomic mass is 10.1. The Hall–Kier alpha value is -2.28. The van der Waals surface area contributed by atoms with Crippen LogP contribution < -0.4 is 19.5 Å². The van der Waals surface area contributed by atoms with Crippen LogP contribution in [0.3, 0.4) is 0 Å². The standard InChI is InChI=1S/C16H20N4O3/c1-10-18-15-4-3-12(8-20(15)19-10)17-7-11-5-13(21-2)16-14(6-11)22-9-23-16/h5-6,12,17H,3-4,7-9H2,1-2H3/t12-/m0/s1. The molecule has 1 aromatic carbocycles. The number of methoxy groups -OCH3 is 1. The predicted octanol–water partition coefficient (Wildman–Crippen LogP) is 1.43. The summed E-state index contributed by atoms with van der Waals surface area (Å²) in [5.74, 6) is 4.09. The van der Waals surface area contributed by atoms with Crippen LogP contribution in [0.2, 0.25) is 0 Å². The van der Waals surface area contributed by atoms with E-state index in [1.54, 1.807) is 7.11 Å². The molecule has 122 valence electrons. The van der Waals surface area contributed by atoms with Gasteiger partial charge in [0.05, 0.1) is 13.7 Å². The number of hydrogen-bond acceptors (Lipinski definition) is 6. The van der Waals surface area contributed by atoms with E-state index in [9.17, 15) is 0 Å². The lowest BCUT2D eigenvalue weighted by molar-refractivity contribution is 0.171. The van der Waals surface area contributed by atoms with Gasteiger partial charge >= 0.3 is 0 Å². The molecule has 1 N–H and O–H groups in total. The van der Waals surface area contributed by atoms with E-state index in [1.807, 2.05) is 23.7 Å². The highest BCUT2D eigenvalue weighted by atomic mass is 16.7. The van der Waals surface area contributed by atoms with Gasteiger partial charge in [-0.1, -0.05) is 0 Å². The topological polar surface area (TPSA) is 70.4 Å². The summed E-state index contributed by atoms with van der Waals surface area (Å²) in [5, 5.41) is 8.03. The maximum absolute atomic E-state index is 5.47. The molecule has 0 spiro atoms. The maximum Gasteiger partial charge on any atom is 0.231 e. The molecule has 2 aliphatic rings. The molecule has 0 saturated carbocycles. The highest BCUT2D eigenvalue weighted by Gasteiger charge is 2.22. The van der Waals surface area contributed by atoms with Crippen LogP contribution in [0.25, 0.3) is 0 Å². The summed E-state index contributed by atoms with van der Waals surface area (Å²) >= 11 is 0. The Balaban J connectivity index is 1.44. The maximum atomic E-state index is 5.47. The van der Waals surface area contributed by atoms with Gasteiger partial charge in [0.2, 0.25) is 12.5 Å². The highest BCUT2D eigenvalue weighted by Crippen LogP contribution is 2.41. The molecule has 0 amide bonds. The van der Waals surface area contributed by atoms with Crippen molar-refractivity contribution < 1.29 is 14.2 Å². The predicted molar refractivity (Wildman–Crippen MR) is 82.8 cm³/mol. The molecule has 7 heteroatoms. The van der Waals surface area contributed by atoms with Gasteiger partial charge < -0.3 is 19.5 Å². The van der Waals surface area contributed by atoms with E-state index in [1.165, 1.54) is 0 Å². The zero-order valence-corrected chi connectivity index (χ0v) is 13.3. The van der Waals surface area contributed by atoms with Gasteiger partial charge in [0, 0.05) is 19.0 Å². The Morgan fingerprint density at radius 1 is 1.39 bits per heavy atom. The Morgan fingerprint density at radius 3 is 3.17 bits per heavy atom. The van der Waals surface area contributed by atoms with Crippen LogP contribution >= 0.6 is 0 Å². The van der Waals surface area contributed by atoms with Crippen LogP contribution in [-0.2, 0) is 19.5 Å². The molecule has 0 aliphatic carbocycles. The summed E-state index contributed by atoms with van der Waals surface area (Å²) in [4.78, 5) is 4.44. The number of nitrogens with zero attached hydrogens (tertiary/aromatic N) is 3. The second kappa shape index (κ2) is 5.73. The molecule has 0 bridgehead atoms. The monoisotopic (exact) mass is 316 g/mol. The van der Waals surface area contributed by atoms with Gasteiger partial charge in [0.1, 0.15) is 11.6 Å². The van der Waals surface area contributed by atoms with E-state index >= 15 is 0 Å². The molecule has 0 saturated heterocycles. The zero-order chi connectivity index (χ0) is 15.8. The van der Waals surface area contributed by atoms with Crippen molar-refractivity contribution in [1.29, 1.82) is 0 Å². The van der Waals surface area contributed by atoms with Crippen LogP contribution in [0.1, 0.15) is 23.6 Å². The Bertz CT molecular complexity index is 728. The Labute approximate surface area is 134 Å². The molecular weight excluding hydrogens is 296 g/mol. The highest BCUT2D eigenvalue weighted by molar-refractivity contribution is 5.55. The van der Waals surface area contributed by atoms with Crippen LogP contribution in [0.15, 0.2) is 12.1 Å². The van der Waals surface area contributed by atoms with Crippen LogP contribution in [-0.4, -0.2) is 34.7 Å². The van der Waals surface area contributed by atoms with Crippen molar-refractivity contribution in [3.05, 3.63) is 29.3 Å². The molecule has 7 nitrogen and oxygen atoms in total. The van der Waals surface area contributed by atoms with Crippen molar-refractivity contribution >= 4 is 0 Å². The fourth-order valence-corrected chi connectivity index (χ4v) is 3.15. The van der Waals surface area contributed by atoms with Gasteiger partial charge in [-0.3, -0.25) is 0 Å². The minimum atomic E-state index is 0.250. The normalized spacial score (nSPS) is 18.8. The lowest BCUT2D eigenvalue weighted by Crippen LogP contribution is -2.37. The van der Waals surface area contributed by atoms with Crippen molar-refractivity contribution in [2.24, 2.45) is 0 Å². The number of ether oxygens (including phenoxy) is 3. The average molecular weight is 316 g/mol. The SMILES string of the molecule is COc1cc(CN[C@H]2CCc3nc(C)nn3C2)cc2c1OCO2. The van der Waals surface area contributed by atoms with Crippen LogP contribution in [0.4, 0.5) is 0 Å². The third-order valence-electron chi connectivity index (χ3n) is 4.28. The van der Waals surface area contributed by atoms with Crippen molar-refractivity contribution in [1.82, 2.24) is 20.1 Å². The van der Waals surface area contributed by atoms with Crippen molar-refractivity contribution in [3.8, 4) is 17.2 Å². The number of rotatable bonds is 4.